The summed E-state index contributed by atoms with van der Waals surface area (Å²) in [6.07, 6.45) is -0.576. The number of benzene rings is 2. The molecule has 0 aromatic heterocycles. The molecular weight excluding hydrogens is 424 g/mol. The number of aliphatic hydroxyl groups excluding tert-OH is 1. The number of carbonyl (C=O) groups excluding carboxylic acids is 1. The van der Waals surface area contributed by atoms with Crippen molar-refractivity contribution in [2.24, 2.45) is 0 Å². The average molecular weight is 449 g/mol. The van der Waals surface area contributed by atoms with Crippen LogP contribution in [0.5, 0.6) is 11.5 Å². The minimum Gasteiger partial charge on any atom is -0.497 e. The lowest BCUT2D eigenvalue weighted by Crippen LogP contribution is -2.50. The summed E-state index contributed by atoms with van der Waals surface area (Å²) in [5.74, 6) is 1.50. The predicted molar refractivity (Wildman–Crippen MR) is 111 cm³/mol. The lowest BCUT2D eigenvalue weighted by Gasteiger charge is -2.35. The van der Waals surface area contributed by atoms with E-state index in [0.29, 0.717) is 25.2 Å². The van der Waals surface area contributed by atoms with Crippen molar-refractivity contribution in [1.29, 1.82) is 0 Å². The van der Waals surface area contributed by atoms with Crippen LogP contribution < -0.4 is 9.47 Å². The number of β-amino-alcohol motifs (C(OH)–C–C–N with tert-alkyl or cyclic N) is 1. The van der Waals surface area contributed by atoms with Crippen LogP contribution in [0.3, 0.4) is 0 Å². The van der Waals surface area contributed by atoms with E-state index in [4.69, 9.17) is 9.47 Å². The van der Waals surface area contributed by atoms with E-state index in [0.717, 1.165) is 29.1 Å². The first-order chi connectivity index (χ1) is 13.5. The monoisotopic (exact) mass is 448 g/mol. The Bertz CT molecular complexity index is 759. The quantitative estimate of drug-likeness (QED) is 0.705. The highest BCUT2D eigenvalue weighted by Gasteiger charge is 2.23. The van der Waals surface area contributed by atoms with Crippen molar-refractivity contribution in [3.63, 3.8) is 0 Å². The van der Waals surface area contributed by atoms with E-state index in [1.165, 1.54) is 0 Å². The lowest BCUT2D eigenvalue weighted by molar-refractivity contribution is 0.0403. The molecule has 0 bridgehead atoms. The number of methoxy groups -OCH3 is 1. The number of hydrogen-bond acceptors (Lipinski definition) is 5. The molecule has 1 amide bonds. The second kappa shape index (κ2) is 9.91. The zero-order valence-electron chi connectivity index (χ0n) is 15.9. The van der Waals surface area contributed by atoms with Gasteiger partial charge < -0.3 is 19.5 Å². The Balaban J connectivity index is 1.41. The fourth-order valence-electron chi connectivity index (χ4n) is 3.12. The summed E-state index contributed by atoms with van der Waals surface area (Å²) < 4.78 is 11.7. The maximum atomic E-state index is 12.6. The van der Waals surface area contributed by atoms with Crippen molar-refractivity contribution in [1.82, 2.24) is 9.80 Å². The van der Waals surface area contributed by atoms with Crippen molar-refractivity contribution in [3.05, 3.63) is 58.6 Å². The van der Waals surface area contributed by atoms with E-state index in [9.17, 15) is 9.90 Å². The van der Waals surface area contributed by atoms with Crippen molar-refractivity contribution in [3.8, 4) is 11.5 Å². The smallest absolute Gasteiger partial charge is 0.253 e. The Labute approximate surface area is 173 Å². The number of rotatable bonds is 7. The van der Waals surface area contributed by atoms with Crippen LogP contribution in [0.1, 0.15) is 10.4 Å². The number of halogens is 1. The normalized spacial score (nSPS) is 15.9. The Hall–Kier alpha value is -2.09. The Morgan fingerprint density at radius 3 is 2.25 bits per heavy atom. The van der Waals surface area contributed by atoms with Gasteiger partial charge in [0.25, 0.3) is 5.91 Å². The molecule has 28 heavy (non-hydrogen) atoms. The molecular formula is C21H25BrN2O4. The summed E-state index contributed by atoms with van der Waals surface area (Å²) in [6, 6.07) is 14.7. The topological polar surface area (TPSA) is 62.2 Å². The molecule has 0 aliphatic carbocycles. The summed E-state index contributed by atoms with van der Waals surface area (Å²) in [5.41, 5.74) is 0.664. The number of nitrogens with zero attached hydrogens (tertiary/aromatic N) is 2. The van der Waals surface area contributed by atoms with E-state index in [1.54, 1.807) is 31.4 Å². The highest BCUT2D eigenvalue weighted by Crippen LogP contribution is 2.17. The minimum atomic E-state index is -0.576. The van der Waals surface area contributed by atoms with Gasteiger partial charge in [0.2, 0.25) is 0 Å². The van der Waals surface area contributed by atoms with Crippen LogP contribution in [-0.4, -0.2) is 73.4 Å². The van der Waals surface area contributed by atoms with Gasteiger partial charge in [0.15, 0.2) is 0 Å². The number of aliphatic hydroxyl groups is 1. The Morgan fingerprint density at radius 1 is 1.04 bits per heavy atom. The second-order valence-electron chi connectivity index (χ2n) is 6.74. The van der Waals surface area contributed by atoms with Gasteiger partial charge in [0.05, 0.1) is 7.11 Å². The average Bonchev–Trinajstić information content (AvgIpc) is 2.73. The maximum absolute atomic E-state index is 12.6. The first-order valence-electron chi connectivity index (χ1n) is 9.27. The molecule has 1 aliphatic rings. The summed E-state index contributed by atoms with van der Waals surface area (Å²) in [7, 11) is 1.61. The van der Waals surface area contributed by atoms with Gasteiger partial charge >= 0.3 is 0 Å². The van der Waals surface area contributed by atoms with E-state index in [2.05, 4.69) is 20.8 Å². The molecule has 1 fully saturated rings. The van der Waals surface area contributed by atoms with E-state index >= 15 is 0 Å². The van der Waals surface area contributed by atoms with Crippen LogP contribution in [0.4, 0.5) is 0 Å². The molecule has 7 heteroatoms. The molecule has 6 nitrogen and oxygen atoms in total. The van der Waals surface area contributed by atoms with E-state index in [1.807, 2.05) is 29.2 Å². The van der Waals surface area contributed by atoms with Crippen LogP contribution >= 0.6 is 15.9 Å². The molecule has 3 rings (SSSR count). The van der Waals surface area contributed by atoms with Gasteiger partial charge in [-0.25, -0.2) is 0 Å². The third kappa shape index (κ3) is 5.70. The fraction of sp³-hybridized carbons (Fsp3) is 0.381. The third-order valence-corrected chi connectivity index (χ3v) is 5.25. The van der Waals surface area contributed by atoms with Gasteiger partial charge in [0.1, 0.15) is 24.2 Å². The molecule has 0 saturated carbocycles. The second-order valence-corrected chi connectivity index (χ2v) is 7.66. The minimum absolute atomic E-state index is 0.0291. The van der Waals surface area contributed by atoms with Crippen LogP contribution in [0.15, 0.2) is 53.0 Å². The fourth-order valence-corrected chi connectivity index (χ4v) is 3.39. The molecule has 0 radical (unpaired) electrons. The molecule has 1 unspecified atom stereocenters. The van der Waals surface area contributed by atoms with Gasteiger partial charge in [-0.3, -0.25) is 9.69 Å². The highest BCUT2D eigenvalue weighted by atomic mass is 79.9. The lowest BCUT2D eigenvalue weighted by atomic mass is 10.1. The summed E-state index contributed by atoms with van der Waals surface area (Å²) in [5, 5.41) is 10.3. The third-order valence-electron chi connectivity index (χ3n) is 4.72. The molecule has 2 aromatic rings. The largest absolute Gasteiger partial charge is 0.497 e. The molecule has 1 saturated heterocycles. The standard InChI is InChI=1S/C21H25BrN2O4/c1-27-19-6-2-16(3-7-19)21(26)24-12-10-23(11-13-24)14-18(25)15-28-20-8-4-17(22)5-9-20/h2-9,18,25H,10-15H2,1H3. The van der Waals surface area contributed by atoms with Crippen LogP contribution in [-0.2, 0) is 0 Å². The number of carbonyl (C=O) groups is 1. The number of amides is 1. The van der Waals surface area contributed by atoms with Crippen molar-refractivity contribution in [2.45, 2.75) is 6.10 Å². The van der Waals surface area contributed by atoms with E-state index in [-0.39, 0.29) is 12.5 Å². The van der Waals surface area contributed by atoms with Gasteiger partial charge in [-0.15, -0.1) is 0 Å². The SMILES string of the molecule is COc1ccc(C(=O)N2CCN(CC(O)COc3ccc(Br)cc3)CC2)cc1. The van der Waals surface area contributed by atoms with Gasteiger partial charge in [0, 0.05) is 42.8 Å². The maximum Gasteiger partial charge on any atom is 0.253 e. The summed E-state index contributed by atoms with van der Waals surface area (Å²) in [4.78, 5) is 16.6. The zero-order valence-corrected chi connectivity index (χ0v) is 17.5. The number of piperazine rings is 1. The molecule has 1 aliphatic heterocycles. The van der Waals surface area contributed by atoms with Gasteiger partial charge in [-0.05, 0) is 48.5 Å². The number of ether oxygens (including phenoxy) is 2. The zero-order chi connectivity index (χ0) is 19.9. The first-order valence-corrected chi connectivity index (χ1v) is 10.1. The molecule has 2 aromatic carbocycles. The summed E-state index contributed by atoms with van der Waals surface area (Å²) >= 11 is 3.38. The highest BCUT2D eigenvalue weighted by molar-refractivity contribution is 9.10. The molecule has 150 valence electrons. The molecule has 0 spiro atoms. The Kier molecular flexibility index (Phi) is 7.30. The first kappa shape index (κ1) is 20.6. The summed E-state index contributed by atoms with van der Waals surface area (Å²) in [6.45, 7) is 3.53. The molecule has 1 atom stereocenters. The predicted octanol–water partition coefficient (Wildman–Crippen LogP) is 2.66. The Morgan fingerprint density at radius 2 is 1.64 bits per heavy atom. The molecule has 1 N–H and O–H groups in total. The van der Waals surface area contributed by atoms with Crippen LogP contribution in [0, 0.1) is 0 Å². The van der Waals surface area contributed by atoms with E-state index < -0.39 is 6.10 Å². The van der Waals surface area contributed by atoms with Gasteiger partial charge in [-0.2, -0.15) is 0 Å². The van der Waals surface area contributed by atoms with Crippen molar-refractivity contribution >= 4 is 21.8 Å². The van der Waals surface area contributed by atoms with Crippen molar-refractivity contribution in [2.75, 3.05) is 46.4 Å². The van der Waals surface area contributed by atoms with Crippen molar-refractivity contribution < 1.29 is 19.4 Å². The van der Waals surface area contributed by atoms with Crippen LogP contribution in [0.2, 0.25) is 0 Å². The van der Waals surface area contributed by atoms with Gasteiger partial charge in [-0.1, -0.05) is 15.9 Å². The van der Waals surface area contributed by atoms with Crippen LogP contribution in [0.25, 0.3) is 0 Å². The molecule has 1 heterocycles. The number of hydrogen-bond donors (Lipinski definition) is 1.